The molecule has 0 unspecified atom stereocenters. The number of hydrogen-bond donors (Lipinski definition) is 2. The highest BCUT2D eigenvalue weighted by molar-refractivity contribution is 5.85. The van der Waals surface area contributed by atoms with E-state index in [1.807, 2.05) is 38.1 Å². The van der Waals surface area contributed by atoms with Crippen LogP contribution in [0.4, 0.5) is 5.82 Å². The summed E-state index contributed by atoms with van der Waals surface area (Å²) in [7, 11) is 0. The SMILES string of the molecule is C/C=C\C.c1cnc2c(NCC3CC3)n[nH]c2c1. The molecular weight excluding hydrogens is 224 g/mol. The maximum absolute atomic E-state index is 4.28. The van der Waals surface area contributed by atoms with Crippen LogP contribution in [-0.4, -0.2) is 21.7 Å². The third-order valence-electron chi connectivity index (χ3n) is 2.91. The molecule has 96 valence electrons. The molecule has 1 aliphatic carbocycles. The monoisotopic (exact) mass is 244 g/mol. The molecule has 0 bridgehead atoms. The van der Waals surface area contributed by atoms with E-state index < -0.39 is 0 Å². The average molecular weight is 244 g/mol. The third kappa shape index (κ3) is 3.32. The average Bonchev–Trinajstić information content (AvgIpc) is 3.17. The van der Waals surface area contributed by atoms with Gasteiger partial charge in [0, 0.05) is 12.7 Å². The fraction of sp³-hybridized carbons (Fsp3) is 0.429. The predicted molar refractivity (Wildman–Crippen MR) is 75.6 cm³/mol. The highest BCUT2D eigenvalue weighted by atomic mass is 15.2. The summed E-state index contributed by atoms with van der Waals surface area (Å²) < 4.78 is 0. The van der Waals surface area contributed by atoms with Crippen molar-refractivity contribution in [3.8, 4) is 0 Å². The molecule has 2 aromatic rings. The first-order valence-electron chi connectivity index (χ1n) is 6.45. The van der Waals surface area contributed by atoms with Crippen LogP contribution in [0.3, 0.4) is 0 Å². The molecule has 1 fully saturated rings. The molecule has 2 heterocycles. The number of nitrogens with one attached hydrogen (secondary N) is 2. The summed E-state index contributed by atoms with van der Waals surface area (Å²) >= 11 is 0. The van der Waals surface area contributed by atoms with Crippen molar-refractivity contribution in [2.75, 3.05) is 11.9 Å². The summed E-state index contributed by atoms with van der Waals surface area (Å²) in [5.74, 6) is 1.73. The Morgan fingerprint density at radius 3 is 2.83 bits per heavy atom. The van der Waals surface area contributed by atoms with Crippen molar-refractivity contribution >= 4 is 16.9 Å². The molecule has 1 saturated carbocycles. The maximum atomic E-state index is 4.28. The van der Waals surface area contributed by atoms with Gasteiger partial charge in [-0.25, -0.2) is 0 Å². The van der Waals surface area contributed by atoms with E-state index in [0.717, 1.165) is 29.3 Å². The summed E-state index contributed by atoms with van der Waals surface area (Å²) in [6.45, 7) is 5.02. The first kappa shape index (κ1) is 12.6. The Morgan fingerprint density at radius 1 is 1.39 bits per heavy atom. The van der Waals surface area contributed by atoms with Crippen molar-refractivity contribution in [1.29, 1.82) is 0 Å². The lowest BCUT2D eigenvalue weighted by atomic mass is 10.3. The number of allylic oxidation sites excluding steroid dienone is 2. The van der Waals surface area contributed by atoms with Gasteiger partial charge in [-0.3, -0.25) is 10.1 Å². The summed E-state index contributed by atoms with van der Waals surface area (Å²) in [5.41, 5.74) is 1.93. The number of H-pyrrole nitrogens is 1. The van der Waals surface area contributed by atoms with Gasteiger partial charge in [0.1, 0.15) is 5.52 Å². The molecule has 4 heteroatoms. The molecule has 0 amide bonds. The van der Waals surface area contributed by atoms with Crippen LogP contribution in [0.25, 0.3) is 11.0 Å². The minimum Gasteiger partial charge on any atom is -0.367 e. The number of rotatable bonds is 3. The second-order valence-electron chi connectivity index (χ2n) is 4.46. The molecule has 0 aromatic carbocycles. The predicted octanol–water partition coefficient (Wildman–Crippen LogP) is 3.36. The summed E-state index contributed by atoms with van der Waals surface area (Å²) in [6, 6.07) is 3.89. The molecule has 0 atom stereocenters. The van der Waals surface area contributed by atoms with Gasteiger partial charge < -0.3 is 5.32 Å². The van der Waals surface area contributed by atoms with Crippen LogP contribution in [-0.2, 0) is 0 Å². The third-order valence-corrected chi connectivity index (χ3v) is 2.91. The van der Waals surface area contributed by atoms with Crippen molar-refractivity contribution in [2.45, 2.75) is 26.7 Å². The zero-order chi connectivity index (χ0) is 12.8. The summed E-state index contributed by atoms with van der Waals surface area (Å²) in [5, 5.41) is 10.5. The van der Waals surface area contributed by atoms with E-state index in [-0.39, 0.29) is 0 Å². The Kier molecular flexibility index (Phi) is 4.34. The summed E-state index contributed by atoms with van der Waals surface area (Å²) in [6.07, 6.45) is 8.49. The van der Waals surface area contributed by atoms with E-state index in [4.69, 9.17) is 0 Å². The van der Waals surface area contributed by atoms with Crippen molar-refractivity contribution in [3.05, 3.63) is 30.5 Å². The minimum atomic E-state index is 0.852. The first-order valence-corrected chi connectivity index (χ1v) is 6.45. The molecule has 4 nitrogen and oxygen atoms in total. The number of hydrogen-bond acceptors (Lipinski definition) is 3. The molecule has 3 rings (SSSR count). The van der Waals surface area contributed by atoms with E-state index in [0.29, 0.717) is 0 Å². The molecular formula is C14H20N4. The van der Waals surface area contributed by atoms with Crippen LogP contribution in [0, 0.1) is 5.92 Å². The zero-order valence-corrected chi connectivity index (χ0v) is 11.0. The fourth-order valence-corrected chi connectivity index (χ4v) is 1.54. The number of aromatic amines is 1. The van der Waals surface area contributed by atoms with Crippen LogP contribution in [0.2, 0.25) is 0 Å². The largest absolute Gasteiger partial charge is 0.367 e. The van der Waals surface area contributed by atoms with Gasteiger partial charge >= 0.3 is 0 Å². The van der Waals surface area contributed by atoms with E-state index in [2.05, 4.69) is 20.5 Å². The van der Waals surface area contributed by atoms with Gasteiger partial charge in [0.25, 0.3) is 0 Å². The van der Waals surface area contributed by atoms with Crippen LogP contribution in [0.1, 0.15) is 26.7 Å². The molecule has 0 saturated heterocycles. The molecule has 18 heavy (non-hydrogen) atoms. The van der Waals surface area contributed by atoms with Crippen LogP contribution in [0.15, 0.2) is 30.5 Å². The highest BCUT2D eigenvalue weighted by Crippen LogP contribution is 2.29. The van der Waals surface area contributed by atoms with Crippen LogP contribution < -0.4 is 5.32 Å². The van der Waals surface area contributed by atoms with E-state index >= 15 is 0 Å². The molecule has 1 aliphatic rings. The van der Waals surface area contributed by atoms with Gasteiger partial charge in [-0.15, -0.1) is 0 Å². The number of pyridine rings is 1. The number of aromatic nitrogens is 3. The van der Waals surface area contributed by atoms with Crippen LogP contribution in [0.5, 0.6) is 0 Å². The Bertz CT molecular complexity index is 507. The van der Waals surface area contributed by atoms with Gasteiger partial charge in [0.05, 0.1) is 5.52 Å². The van der Waals surface area contributed by atoms with Gasteiger partial charge in [0.2, 0.25) is 0 Å². The molecule has 0 spiro atoms. The van der Waals surface area contributed by atoms with Crippen molar-refractivity contribution in [2.24, 2.45) is 5.92 Å². The molecule has 0 radical (unpaired) electrons. The fourth-order valence-electron chi connectivity index (χ4n) is 1.54. The van der Waals surface area contributed by atoms with Gasteiger partial charge in [-0.2, -0.15) is 5.10 Å². The summed E-state index contributed by atoms with van der Waals surface area (Å²) in [4.78, 5) is 4.28. The zero-order valence-electron chi connectivity index (χ0n) is 11.0. The topological polar surface area (TPSA) is 53.6 Å². The lowest BCUT2D eigenvalue weighted by molar-refractivity contribution is 0.881. The van der Waals surface area contributed by atoms with E-state index in [1.54, 1.807) is 6.20 Å². The van der Waals surface area contributed by atoms with Crippen molar-refractivity contribution in [3.63, 3.8) is 0 Å². The lowest BCUT2D eigenvalue weighted by Crippen LogP contribution is -2.03. The second kappa shape index (κ2) is 6.19. The maximum Gasteiger partial charge on any atom is 0.174 e. The Balaban J connectivity index is 0.000000267. The highest BCUT2D eigenvalue weighted by Gasteiger charge is 2.21. The normalized spacial score (nSPS) is 14.6. The molecule has 2 aromatic heterocycles. The van der Waals surface area contributed by atoms with Crippen LogP contribution >= 0.6 is 0 Å². The van der Waals surface area contributed by atoms with Gasteiger partial charge in [-0.05, 0) is 44.7 Å². The number of nitrogens with zero attached hydrogens (tertiary/aromatic N) is 2. The Hall–Kier alpha value is -1.84. The smallest absolute Gasteiger partial charge is 0.174 e. The number of fused-ring (bicyclic) bond motifs is 1. The van der Waals surface area contributed by atoms with E-state index in [1.165, 1.54) is 12.8 Å². The Labute approximate surface area is 108 Å². The van der Waals surface area contributed by atoms with Crippen molar-refractivity contribution < 1.29 is 0 Å². The second-order valence-corrected chi connectivity index (χ2v) is 4.46. The Morgan fingerprint density at radius 2 is 2.17 bits per heavy atom. The lowest BCUT2D eigenvalue weighted by Gasteiger charge is -1.99. The minimum absolute atomic E-state index is 0.852. The quantitative estimate of drug-likeness (QED) is 0.814. The van der Waals surface area contributed by atoms with E-state index in [9.17, 15) is 0 Å². The number of anilines is 1. The van der Waals surface area contributed by atoms with Gasteiger partial charge in [-0.1, -0.05) is 12.2 Å². The standard InChI is InChI=1S/C10H12N4.C4H8/c1-2-8-9(11-5-1)10(14-13-8)12-6-7-3-4-7;1-3-4-2/h1-2,5,7H,3-4,6H2,(H2,12,13,14);3-4H,1-2H3/b;4-3-. The van der Waals surface area contributed by atoms with Gasteiger partial charge in [0.15, 0.2) is 5.82 Å². The molecule has 0 aliphatic heterocycles. The first-order chi connectivity index (χ1) is 8.85. The molecule has 2 N–H and O–H groups in total. The van der Waals surface area contributed by atoms with Crippen molar-refractivity contribution in [1.82, 2.24) is 15.2 Å².